The Balaban J connectivity index is 1.36. The highest BCUT2D eigenvalue weighted by molar-refractivity contribution is 7.91. The SMILES string of the molecule is CCOC(=O)c1ccc(N2CCN(C(=O)C3=NN(C4CCS(=O)(=O)C4)C(=O)CC3)CC2)nc1. The number of anilines is 1. The molecule has 1 unspecified atom stereocenters. The summed E-state index contributed by atoms with van der Waals surface area (Å²) in [5.74, 6) is -0.233. The molecule has 1 aromatic rings. The topological polar surface area (TPSA) is 130 Å². The van der Waals surface area contributed by atoms with Gasteiger partial charge in [-0.3, -0.25) is 9.59 Å². The van der Waals surface area contributed by atoms with Crippen molar-refractivity contribution < 1.29 is 27.5 Å². The smallest absolute Gasteiger partial charge is 0.339 e. The van der Waals surface area contributed by atoms with E-state index in [0.717, 1.165) is 0 Å². The van der Waals surface area contributed by atoms with Crippen molar-refractivity contribution in [2.45, 2.75) is 32.2 Å². The fourth-order valence-electron chi connectivity index (χ4n) is 4.21. The van der Waals surface area contributed by atoms with E-state index in [-0.39, 0.29) is 36.2 Å². The zero-order chi connectivity index (χ0) is 23.6. The van der Waals surface area contributed by atoms with Gasteiger partial charge in [0, 0.05) is 45.2 Å². The number of piperazine rings is 1. The Hall–Kier alpha value is -3.02. The molecule has 0 N–H and O–H groups in total. The molecule has 2 amide bonds. The van der Waals surface area contributed by atoms with Crippen LogP contribution < -0.4 is 4.90 Å². The Morgan fingerprint density at radius 2 is 1.91 bits per heavy atom. The maximum Gasteiger partial charge on any atom is 0.339 e. The molecule has 0 bridgehead atoms. The Morgan fingerprint density at radius 1 is 1.15 bits per heavy atom. The summed E-state index contributed by atoms with van der Waals surface area (Å²) in [6.45, 7) is 4.10. The van der Waals surface area contributed by atoms with Crippen LogP contribution in [0, 0.1) is 0 Å². The van der Waals surface area contributed by atoms with E-state index in [0.29, 0.717) is 56.3 Å². The minimum absolute atomic E-state index is 0.0387. The van der Waals surface area contributed by atoms with Crippen LogP contribution in [0.2, 0.25) is 0 Å². The molecule has 0 radical (unpaired) electrons. The summed E-state index contributed by atoms with van der Waals surface area (Å²) in [4.78, 5) is 45.2. The minimum Gasteiger partial charge on any atom is -0.462 e. The fraction of sp³-hybridized carbons (Fsp3) is 0.571. The van der Waals surface area contributed by atoms with E-state index < -0.39 is 21.8 Å². The number of hydrogen-bond acceptors (Lipinski definition) is 9. The zero-order valence-corrected chi connectivity index (χ0v) is 19.3. The number of carbonyl (C=O) groups is 3. The van der Waals surface area contributed by atoms with Gasteiger partial charge in [-0.2, -0.15) is 5.10 Å². The van der Waals surface area contributed by atoms with E-state index in [1.807, 2.05) is 4.90 Å². The van der Waals surface area contributed by atoms with Gasteiger partial charge in [-0.15, -0.1) is 0 Å². The molecule has 0 aromatic carbocycles. The third kappa shape index (κ3) is 5.15. The Labute approximate surface area is 192 Å². The molecule has 11 nitrogen and oxygen atoms in total. The lowest BCUT2D eigenvalue weighted by Crippen LogP contribution is -2.52. The third-order valence-electron chi connectivity index (χ3n) is 6.01. The van der Waals surface area contributed by atoms with Crippen molar-refractivity contribution in [2.75, 3.05) is 49.2 Å². The monoisotopic (exact) mass is 477 g/mol. The number of hydrazone groups is 1. The lowest BCUT2D eigenvalue weighted by atomic mass is 10.1. The molecule has 3 aliphatic heterocycles. The molecule has 33 heavy (non-hydrogen) atoms. The second-order valence-electron chi connectivity index (χ2n) is 8.25. The Bertz CT molecular complexity index is 1060. The number of rotatable bonds is 5. The van der Waals surface area contributed by atoms with Crippen LogP contribution in [0.25, 0.3) is 0 Å². The number of pyridine rings is 1. The molecule has 3 aliphatic rings. The van der Waals surface area contributed by atoms with E-state index >= 15 is 0 Å². The molecule has 1 atom stereocenters. The average Bonchev–Trinajstić information content (AvgIpc) is 3.18. The van der Waals surface area contributed by atoms with Crippen LogP contribution >= 0.6 is 0 Å². The van der Waals surface area contributed by atoms with E-state index in [1.54, 1.807) is 24.0 Å². The normalized spacial score (nSPS) is 22.8. The van der Waals surface area contributed by atoms with Gasteiger partial charge in [-0.1, -0.05) is 0 Å². The molecule has 4 rings (SSSR count). The van der Waals surface area contributed by atoms with Gasteiger partial charge in [-0.05, 0) is 25.5 Å². The van der Waals surface area contributed by atoms with Crippen LogP contribution in [-0.4, -0.2) is 97.1 Å². The molecular formula is C21H27N5O6S. The number of nitrogens with zero attached hydrogens (tertiary/aromatic N) is 5. The van der Waals surface area contributed by atoms with Gasteiger partial charge in [0.1, 0.15) is 11.5 Å². The molecule has 178 valence electrons. The number of aromatic nitrogens is 1. The summed E-state index contributed by atoms with van der Waals surface area (Å²) in [6, 6.07) is 2.93. The molecule has 4 heterocycles. The van der Waals surface area contributed by atoms with Crippen LogP contribution in [-0.2, 0) is 24.2 Å². The van der Waals surface area contributed by atoms with Crippen molar-refractivity contribution in [1.82, 2.24) is 14.9 Å². The minimum atomic E-state index is -3.17. The van der Waals surface area contributed by atoms with Crippen LogP contribution in [0.4, 0.5) is 5.82 Å². The fourth-order valence-corrected chi connectivity index (χ4v) is 5.90. The van der Waals surface area contributed by atoms with E-state index in [4.69, 9.17) is 4.74 Å². The molecule has 12 heteroatoms. The standard InChI is InChI=1S/C21H27N5O6S/c1-2-32-21(29)15-3-5-18(22-13-15)24-8-10-25(11-9-24)20(28)17-4-6-19(27)26(23-17)16-7-12-33(30,31)14-16/h3,5,13,16H,2,4,6-12,14H2,1H3. The number of hydrogen-bond donors (Lipinski definition) is 0. The van der Waals surface area contributed by atoms with Crippen molar-refractivity contribution >= 4 is 39.2 Å². The first-order valence-corrected chi connectivity index (χ1v) is 12.9. The Kier molecular flexibility index (Phi) is 6.63. The Morgan fingerprint density at radius 3 is 2.52 bits per heavy atom. The van der Waals surface area contributed by atoms with Gasteiger partial charge in [0.2, 0.25) is 5.91 Å². The first-order chi connectivity index (χ1) is 15.8. The predicted molar refractivity (Wildman–Crippen MR) is 120 cm³/mol. The number of amides is 2. The van der Waals surface area contributed by atoms with Gasteiger partial charge in [0.15, 0.2) is 9.84 Å². The zero-order valence-electron chi connectivity index (χ0n) is 18.5. The van der Waals surface area contributed by atoms with E-state index in [2.05, 4.69) is 10.1 Å². The second kappa shape index (κ2) is 9.46. The van der Waals surface area contributed by atoms with Crippen molar-refractivity contribution in [3.63, 3.8) is 0 Å². The van der Waals surface area contributed by atoms with E-state index in [9.17, 15) is 22.8 Å². The molecule has 2 fully saturated rings. The van der Waals surface area contributed by atoms with Gasteiger partial charge in [0.25, 0.3) is 5.91 Å². The summed E-state index contributed by atoms with van der Waals surface area (Å²) in [7, 11) is -3.17. The highest BCUT2D eigenvalue weighted by Gasteiger charge is 2.38. The quantitative estimate of drug-likeness (QED) is 0.545. The molecule has 0 aliphatic carbocycles. The van der Waals surface area contributed by atoms with Crippen molar-refractivity contribution in [1.29, 1.82) is 0 Å². The number of esters is 1. The summed E-state index contributed by atoms with van der Waals surface area (Å²) in [5, 5.41) is 5.49. The highest BCUT2D eigenvalue weighted by atomic mass is 32.2. The van der Waals surface area contributed by atoms with Gasteiger partial charge >= 0.3 is 5.97 Å². The second-order valence-corrected chi connectivity index (χ2v) is 10.5. The van der Waals surface area contributed by atoms with E-state index in [1.165, 1.54) is 11.2 Å². The molecule has 2 saturated heterocycles. The van der Waals surface area contributed by atoms with Crippen LogP contribution in [0.15, 0.2) is 23.4 Å². The largest absolute Gasteiger partial charge is 0.462 e. The maximum absolute atomic E-state index is 13.0. The molecular weight excluding hydrogens is 450 g/mol. The first-order valence-electron chi connectivity index (χ1n) is 11.0. The number of ether oxygens (including phenoxy) is 1. The first kappa shape index (κ1) is 23.1. The van der Waals surface area contributed by atoms with Gasteiger partial charge < -0.3 is 14.5 Å². The van der Waals surface area contributed by atoms with Gasteiger partial charge in [-0.25, -0.2) is 23.2 Å². The van der Waals surface area contributed by atoms with Crippen LogP contribution in [0.3, 0.4) is 0 Å². The summed E-state index contributed by atoms with van der Waals surface area (Å²) in [5.41, 5.74) is 0.683. The van der Waals surface area contributed by atoms with Gasteiger partial charge in [0.05, 0.1) is 29.7 Å². The number of carbonyl (C=O) groups excluding carboxylic acids is 3. The van der Waals surface area contributed by atoms with Crippen molar-refractivity contribution in [2.24, 2.45) is 5.10 Å². The molecule has 1 aromatic heterocycles. The average molecular weight is 478 g/mol. The lowest BCUT2D eigenvalue weighted by molar-refractivity contribution is -0.134. The van der Waals surface area contributed by atoms with Crippen molar-refractivity contribution in [3.05, 3.63) is 23.9 Å². The third-order valence-corrected chi connectivity index (χ3v) is 7.76. The summed E-state index contributed by atoms with van der Waals surface area (Å²) < 4.78 is 28.5. The summed E-state index contributed by atoms with van der Waals surface area (Å²) in [6.07, 6.45) is 2.23. The summed E-state index contributed by atoms with van der Waals surface area (Å²) >= 11 is 0. The lowest BCUT2D eigenvalue weighted by Gasteiger charge is -2.36. The van der Waals surface area contributed by atoms with Crippen molar-refractivity contribution in [3.8, 4) is 0 Å². The van der Waals surface area contributed by atoms with Crippen LogP contribution in [0.5, 0.6) is 0 Å². The molecule has 0 saturated carbocycles. The highest BCUT2D eigenvalue weighted by Crippen LogP contribution is 2.23. The predicted octanol–water partition coefficient (Wildman–Crippen LogP) is 0.0724. The van der Waals surface area contributed by atoms with Crippen LogP contribution in [0.1, 0.15) is 36.5 Å². The number of sulfone groups is 1. The molecule has 0 spiro atoms. The maximum atomic E-state index is 13.0.